The number of carbonyl (C=O) groups excluding carboxylic acids is 4. The minimum Gasteiger partial charge on any atom is -0.462 e. The smallest absolute Gasteiger partial charge is 0.462 e. The SMILES string of the molecule is CC/C=C\C/C=C\C/C=C\C/C=C\C/C=C\CCCCCC(=O)O[C@H](COC(=O)CCCCCCC/C=C\CCCCCCCC)COP(=O)(O)OC[C@H](O)COP(=O)(O)OC[C@@H](COC(=O)CC/C=C\C/C=C\C/C=C\C/C=C\C/C=C\CCCCC)OC(=O)CCCCCCCCCCCCCCC. The number of allylic oxidation sites excluding steroid dienone is 22. The lowest BCUT2D eigenvalue weighted by atomic mass is 10.0. The Bertz CT molecular complexity index is 2530. The Morgan fingerprint density at radius 3 is 0.849 bits per heavy atom. The van der Waals surface area contributed by atoms with Gasteiger partial charge in [0.2, 0.25) is 0 Å². The first-order valence-corrected chi connectivity index (χ1v) is 44.4. The van der Waals surface area contributed by atoms with Gasteiger partial charge in [-0.1, -0.05) is 309 Å². The van der Waals surface area contributed by atoms with Crippen LogP contribution in [0.1, 0.15) is 336 Å². The molecule has 17 nitrogen and oxygen atoms in total. The summed E-state index contributed by atoms with van der Waals surface area (Å²) in [6.07, 6.45) is 88.7. The maximum atomic E-state index is 13.1. The highest BCUT2D eigenvalue weighted by atomic mass is 31.2. The van der Waals surface area contributed by atoms with Crippen LogP contribution >= 0.6 is 15.6 Å². The van der Waals surface area contributed by atoms with E-state index in [9.17, 15) is 43.2 Å². The van der Waals surface area contributed by atoms with Gasteiger partial charge in [-0.15, -0.1) is 0 Å². The lowest BCUT2D eigenvalue weighted by molar-refractivity contribution is -0.161. The largest absolute Gasteiger partial charge is 0.472 e. The zero-order chi connectivity index (χ0) is 77.4. The van der Waals surface area contributed by atoms with Crippen molar-refractivity contribution in [1.29, 1.82) is 0 Å². The Balaban J connectivity index is 5.45. The maximum Gasteiger partial charge on any atom is 0.472 e. The molecule has 0 bridgehead atoms. The number of unbranched alkanes of at least 4 members (excludes halogenated alkanes) is 29. The molecule has 0 aliphatic heterocycles. The Labute approximate surface area is 644 Å². The predicted octanol–water partition coefficient (Wildman–Crippen LogP) is 24.4. The second kappa shape index (κ2) is 78.3. The van der Waals surface area contributed by atoms with Gasteiger partial charge in [0.1, 0.15) is 19.3 Å². The number of aliphatic hydroxyl groups is 1. The van der Waals surface area contributed by atoms with Gasteiger partial charge >= 0.3 is 39.5 Å². The summed E-state index contributed by atoms with van der Waals surface area (Å²) in [5.74, 6) is -2.31. The molecule has 0 rings (SSSR count). The van der Waals surface area contributed by atoms with Gasteiger partial charge < -0.3 is 33.8 Å². The second-order valence-corrected chi connectivity index (χ2v) is 30.2. The van der Waals surface area contributed by atoms with E-state index in [0.717, 1.165) is 141 Å². The van der Waals surface area contributed by atoms with Crippen LogP contribution in [0.4, 0.5) is 0 Å². The molecule has 0 aliphatic carbocycles. The van der Waals surface area contributed by atoms with Crippen LogP contribution < -0.4 is 0 Å². The Kier molecular flexibility index (Phi) is 74.8. The molecule has 106 heavy (non-hydrogen) atoms. The molecule has 608 valence electrons. The molecular weight excluding hydrogens is 1380 g/mol. The van der Waals surface area contributed by atoms with E-state index < -0.39 is 97.5 Å². The Morgan fingerprint density at radius 1 is 0.274 bits per heavy atom. The number of rotatable bonds is 77. The molecule has 0 radical (unpaired) electrons. The quantitative estimate of drug-likeness (QED) is 0.0169. The number of phosphoric ester groups is 2. The van der Waals surface area contributed by atoms with Crippen molar-refractivity contribution < 1.29 is 80.2 Å². The van der Waals surface area contributed by atoms with Gasteiger partial charge in [-0.25, -0.2) is 9.13 Å². The number of esters is 4. The molecule has 0 spiro atoms. The molecule has 19 heteroatoms. The standard InChI is InChI=1S/C87H148O17P2/c1-5-9-13-17-21-25-29-33-36-38-40-42-45-49-52-56-60-64-68-72-85(90)98-77-82(103-86(91)73-69-65-61-57-53-47-32-28-24-20-16-12-8-4)79-101-105(93,94)99-75-81(88)76-100-106(95,96)102-80-83(78-97-84(89)71-67-63-59-55-51-48-44-35-31-27-23-19-15-11-7-3)104-87(92)74-70-66-62-58-54-50-46-43-41-39-37-34-30-26-22-18-14-10-6-2/h10,14,21-22,25-26,33-37,40-44,49-50,52,54,60,64,81-83,88H,5-9,11-13,15-20,23-24,27-32,38-39,45-48,51,53,55-59,61-63,65-80H2,1-4H3,(H,93,94)(H,95,96)/b14-10-,25-21-,26-22-,36-33-,37-34-,42-40-,43-41-,44-35-,52-49-,54-50-,64-60-/t81-,82-,83-/m1/s1. The van der Waals surface area contributed by atoms with E-state index in [1.807, 2.05) is 12.2 Å². The molecule has 0 aromatic rings. The van der Waals surface area contributed by atoms with Crippen LogP contribution in [0.3, 0.4) is 0 Å². The van der Waals surface area contributed by atoms with Crippen molar-refractivity contribution in [2.45, 2.75) is 354 Å². The molecule has 0 aliphatic rings. The van der Waals surface area contributed by atoms with Crippen molar-refractivity contribution in [1.82, 2.24) is 0 Å². The molecule has 0 heterocycles. The lowest BCUT2D eigenvalue weighted by Gasteiger charge is -2.21. The summed E-state index contributed by atoms with van der Waals surface area (Å²) in [6, 6.07) is 0. The van der Waals surface area contributed by atoms with Gasteiger partial charge in [0.25, 0.3) is 0 Å². The zero-order valence-corrected chi connectivity index (χ0v) is 68.4. The predicted molar refractivity (Wildman–Crippen MR) is 436 cm³/mol. The van der Waals surface area contributed by atoms with Gasteiger partial charge in [-0.3, -0.25) is 37.3 Å². The molecule has 0 fully saturated rings. The van der Waals surface area contributed by atoms with Crippen molar-refractivity contribution in [2.75, 3.05) is 39.6 Å². The van der Waals surface area contributed by atoms with Crippen LogP contribution in [-0.4, -0.2) is 96.7 Å². The van der Waals surface area contributed by atoms with Crippen LogP contribution in [0.2, 0.25) is 0 Å². The molecule has 0 saturated carbocycles. The number of ether oxygens (including phenoxy) is 4. The van der Waals surface area contributed by atoms with Gasteiger partial charge in [-0.05, 0) is 135 Å². The number of phosphoric acid groups is 2. The van der Waals surface area contributed by atoms with E-state index in [2.05, 4.69) is 149 Å². The average molecular weight is 1530 g/mol. The third kappa shape index (κ3) is 77.4. The fourth-order valence-corrected chi connectivity index (χ4v) is 12.4. The van der Waals surface area contributed by atoms with E-state index in [1.54, 1.807) is 0 Å². The van der Waals surface area contributed by atoms with E-state index in [-0.39, 0.29) is 25.7 Å². The topological polar surface area (TPSA) is 237 Å². The van der Waals surface area contributed by atoms with E-state index in [0.29, 0.717) is 32.1 Å². The molecule has 0 aromatic carbocycles. The molecule has 3 N–H and O–H groups in total. The first-order chi connectivity index (χ1) is 51.7. The number of hydrogen-bond donors (Lipinski definition) is 3. The molecule has 5 atom stereocenters. The van der Waals surface area contributed by atoms with E-state index >= 15 is 0 Å². The Morgan fingerprint density at radius 2 is 0.509 bits per heavy atom. The average Bonchev–Trinajstić information content (AvgIpc) is 0.901. The fourth-order valence-electron chi connectivity index (χ4n) is 10.8. The third-order valence-corrected chi connectivity index (χ3v) is 19.0. The third-order valence-electron chi connectivity index (χ3n) is 17.1. The summed E-state index contributed by atoms with van der Waals surface area (Å²) in [4.78, 5) is 73.1. The second-order valence-electron chi connectivity index (χ2n) is 27.3. The summed E-state index contributed by atoms with van der Waals surface area (Å²) in [5.41, 5.74) is 0. The van der Waals surface area contributed by atoms with E-state index in [4.69, 9.17) is 37.0 Å². The van der Waals surface area contributed by atoms with Crippen molar-refractivity contribution in [3.05, 3.63) is 134 Å². The summed E-state index contributed by atoms with van der Waals surface area (Å²) in [7, 11) is -9.99. The highest BCUT2D eigenvalue weighted by molar-refractivity contribution is 7.47. The first-order valence-electron chi connectivity index (χ1n) is 41.4. The maximum absolute atomic E-state index is 13.1. The van der Waals surface area contributed by atoms with Crippen molar-refractivity contribution >= 4 is 39.5 Å². The molecule has 0 saturated heterocycles. The van der Waals surface area contributed by atoms with Crippen molar-refractivity contribution in [3.8, 4) is 0 Å². The highest BCUT2D eigenvalue weighted by Crippen LogP contribution is 2.45. The molecule has 2 unspecified atom stereocenters. The number of carbonyl (C=O) groups is 4. The monoisotopic (exact) mass is 1530 g/mol. The van der Waals surface area contributed by atoms with Gasteiger partial charge in [0.05, 0.1) is 26.4 Å². The lowest BCUT2D eigenvalue weighted by Crippen LogP contribution is -2.30. The van der Waals surface area contributed by atoms with Gasteiger partial charge in [0.15, 0.2) is 12.2 Å². The van der Waals surface area contributed by atoms with Crippen LogP contribution in [0, 0.1) is 0 Å². The van der Waals surface area contributed by atoms with Gasteiger partial charge in [-0.2, -0.15) is 0 Å². The number of aliphatic hydroxyl groups excluding tert-OH is 1. The highest BCUT2D eigenvalue weighted by Gasteiger charge is 2.30. The summed E-state index contributed by atoms with van der Waals surface area (Å²) >= 11 is 0. The van der Waals surface area contributed by atoms with Crippen LogP contribution in [0.15, 0.2) is 134 Å². The molecular formula is C87H148O17P2. The van der Waals surface area contributed by atoms with Crippen LogP contribution in [0.25, 0.3) is 0 Å². The fraction of sp³-hybridized carbons (Fsp3) is 0.701. The van der Waals surface area contributed by atoms with Crippen molar-refractivity contribution in [2.24, 2.45) is 0 Å². The molecule has 0 aromatic heterocycles. The summed E-state index contributed by atoms with van der Waals surface area (Å²) < 4.78 is 68.6. The Hall–Kier alpha value is -4.80. The van der Waals surface area contributed by atoms with Crippen molar-refractivity contribution in [3.63, 3.8) is 0 Å². The summed E-state index contributed by atoms with van der Waals surface area (Å²) in [5, 5.41) is 10.7. The minimum absolute atomic E-state index is 0.0368. The van der Waals surface area contributed by atoms with Crippen LogP contribution in [-0.2, 0) is 65.4 Å². The number of hydrogen-bond acceptors (Lipinski definition) is 15. The van der Waals surface area contributed by atoms with Crippen LogP contribution in [0.5, 0.6) is 0 Å². The van der Waals surface area contributed by atoms with E-state index in [1.165, 1.54) is 109 Å². The minimum atomic E-state index is -5.00. The molecule has 0 amide bonds. The summed E-state index contributed by atoms with van der Waals surface area (Å²) in [6.45, 7) is 4.63. The van der Waals surface area contributed by atoms with Gasteiger partial charge in [0, 0.05) is 25.7 Å². The normalized spacial score (nSPS) is 14.5. The first kappa shape index (κ1) is 101. The zero-order valence-electron chi connectivity index (χ0n) is 66.6.